The third-order valence-electron chi connectivity index (χ3n) is 6.50. The Morgan fingerprint density at radius 3 is 2.43 bits per heavy atom. The van der Waals surface area contributed by atoms with Crippen LogP contribution in [-0.2, 0) is 10.5 Å². The van der Waals surface area contributed by atoms with Gasteiger partial charge in [0.25, 0.3) is 5.91 Å². The minimum absolute atomic E-state index is 0.424. The second-order valence-electron chi connectivity index (χ2n) is 8.80. The van der Waals surface area contributed by atoms with Gasteiger partial charge < -0.3 is 9.64 Å². The molecule has 0 saturated heterocycles. The van der Waals surface area contributed by atoms with Crippen LogP contribution in [0.2, 0.25) is 0 Å². The SMILES string of the molecule is CC(=O)Oc1c2n(ccc1=O)N([C@@H]1c3ccccc3CSc3ccccc31)CN([C@H](C)C(F)(F)F)C2=O. The number of ether oxygens (including phenoxy) is 1. The van der Waals surface area contributed by atoms with E-state index in [1.165, 1.54) is 10.9 Å². The van der Waals surface area contributed by atoms with Crippen LogP contribution >= 0.6 is 11.8 Å². The van der Waals surface area contributed by atoms with Crippen LogP contribution in [0, 0.1) is 0 Å². The molecular formula is C26H22F3N3O4S. The Hall–Kier alpha value is -3.73. The fourth-order valence-electron chi connectivity index (χ4n) is 4.68. The molecule has 0 spiro atoms. The van der Waals surface area contributed by atoms with Gasteiger partial charge in [-0.15, -0.1) is 11.8 Å². The van der Waals surface area contributed by atoms with Crippen molar-refractivity contribution < 1.29 is 27.5 Å². The first-order valence-corrected chi connectivity index (χ1v) is 12.4. The van der Waals surface area contributed by atoms with Crippen LogP contribution in [-0.4, -0.2) is 40.3 Å². The smallest absolute Gasteiger partial charge is 0.408 e. The monoisotopic (exact) mass is 529 g/mol. The molecule has 1 amide bonds. The molecule has 0 radical (unpaired) electrons. The lowest BCUT2D eigenvalue weighted by Gasteiger charge is -2.46. The number of alkyl halides is 3. The highest BCUT2D eigenvalue weighted by Gasteiger charge is 2.48. The van der Waals surface area contributed by atoms with Crippen LogP contribution in [0.25, 0.3) is 0 Å². The van der Waals surface area contributed by atoms with Gasteiger partial charge in [-0.1, -0.05) is 42.5 Å². The lowest BCUT2D eigenvalue weighted by molar-refractivity contribution is -0.173. The number of carbonyl (C=O) groups excluding carboxylic acids is 2. The molecule has 3 heterocycles. The molecular weight excluding hydrogens is 507 g/mol. The van der Waals surface area contributed by atoms with E-state index in [1.807, 2.05) is 48.5 Å². The first kappa shape index (κ1) is 24.9. The molecule has 0 unspecified atom stereocenters. The third-order valence-corrected chi connectivity index (χ3v) is 7.64. The van der Waals surface area contributed by atoms with E-state index in [0.717, 1.165) is 41.5 Å². The largest absolute Gasteiger partial charge is 0.420 e. The van der Waals surface area contributed by atoms with E-state index in [-0.39, 0.29) is 0 Å². The Balaban J connectivity index is 1.79. The third kappa shape index (κ3) is 4.37. The normalized spacial score (nSPS) is 17.9. The van der Waals surface area contributed by atoms with Crippen LogP contribution in [0.4, 0.5) is 13.2 Å². The van der Waals surface area contributed by atoms with Crippen molar-refractivity contribution in [1.82, 2.24) is 9.58 Å². The van der Waals surface area contributed by atoms with Gasteiger partial charge in [0.15, 0.2) is 5.69 Å². The Labute approximate surface area is 214 Å². The minimum Gasteiger partial charge on any atom is -0.420 e. The summed E-state index contributed by atoms with van der Waals surface area (Å²) in [5, 5.41) is 1.61. The van der Waals surface area contributed by atoms with Gasteiger partial charge in [-0.3, -0.25) is 24.1 Å². The Kier molecular flexibility index (Phi) is 6.26. The predicted molar refractivity (Wildman–Crippen MR) is 131 cm³/mol. The van der Waals surface area contributed by atoms with E-state index in [4.69, 9.17) is 4.74 Å². The molecule has 0 aliphatic carbocycles. The molecule has 3 aromatic rings. The van der Waals surface area contributed by atoms with Crippen molar-refractivity contribution >= 4 is 23.6 Å². The highest BCUT2D eigenvalue weighted by atomic mass is 32.2. The topological polar surface area (TPSA) is 71.8 Å². The number of thioether (sulfide) groups is 1. The van der Waals surface area contributed by atoms with Gasteiger partial charge in [0.2, 0.25) is 11.2 Å². The average Bonchev–Trinajstić information content (AvgIpc) is 3.02. The Morgan fingerprint density at radius 1 is 1.05 bits per heavy atom. The molecule has 1 aromatic heterocycles. The maximum Gasteiger partial charge on any atom is 0.408 e. The van der Waals surface area contributed by atoms with Crippen molar-refractivity contribution in [3.63, 3.8) is 0 Å². The van der Waals surface area contributed by atoms with Crippen molar-refractivity contribution in [1.29, 1.82) is 0 Å². The van der Waals surface area contributed by atoms with Crippen molar-refractivity contribution in [2.45, 2.75) is 42.8 Å². The van der Waals surface area contributed by atoms with Gasteiger partial charge in [0.05, 0.1) is 6.04 Å². The van der Waals surface area contributed by atoms with E-state index >= 15 is 0 Å². The summed E-state index contributed by atoms with van der Waals surface area (Å²) < 4.78 is 48.2. The van der Waals surface area contributed by atoms with Gasteiger partial charge in [-0.2, -0.15) is 13.2 Å². The highest BCUT2D eigenvalue weighted by Crippen LogP contribution is 2.43. The Bertz CT molecular complexity index is 1410. The number of esters is 1. The number of hydrogen-bond acceptors (Lipinski definition) is 6. The molecule has 5 rings (SSSR count). The zero-order chi connectivity index (χ0) is 26.5. The molecule has 0 fully saturated rings. The highest BCUT2D eigenvalue weighted by molar-refractivity contribution is 7.98. The van der Waals surface area contributed by atoms with Crippen molar-refractivity contribution in [3.8, 4) is 5.75 Å². The van der Waals surface area contributed by atoms with Crippen LogP contribution < -0.4 is 15.2 Å². The number of halogens is 3. The second kappa shape index (κ2) is 9.29. The van der Waals surface area contributed by atoms with E-state index in [2.05, 4.69) is 0 Å². The second-order valence-corrected chi connectivity index (χ2v) is 9.81. The van der Waals surface area contributed by atoms with E-state index in [9.17, 15) is 27.6 Å². The lowest BCUT2D eigenvalue weighted by atomic mass is 9.94. The van der Waals surface area contributed by atoms with Crippen molar-refractivity contribution in [3.05, 3.63) is 93.4 Å². The van der Waals surface area contributed by atoms with Crippen LogP contribution in [0.15, 0.2) is 70.5 Å². The zero-order valence-electron chi connectivity index (χ0n) is 19.9. The summed E-state index contributed by atoms with van der Waals surface area (Å²) in [6, 6.07) is 13.6. The number of aromatic nitrogens is 1. The summed E-state index contributed by atoms with van der Waals surface area (Å²) in [7, 11) is 0. The van der Waals surface area contributed by atoms with Gasteiger partial charge in [0, 0.05) is 29.8 Å². The number of nitrogens with zero attached hydrogens (tertiary/aromatic N) is 3. The lowest BCUT2D eigenvalue weighted by Crippen LogP contribution is -2.60. The molecule has 0 N–H and O–H groups in total. The van der Waals surface area contributed by atoms with Gasteiger partial charge in [0.1, 0.15) is 12.7 Å². The molecule has 11 heteroatoms. The summed E-state index contributed by atoms with van der Waals surface area (Å²) in [4.78, 5) is 39.6. The number of carbonyl (C=O) groups is 2. The Morgan fingerprint density at radius 2 is 1.73 bits per heavy atom. The van der Waals surface area contributed by atoms with Crippen LogP contribution in [0.3, 0.4) is 0 Å². The fourth-order valence-corrected chi connectivity index (χ4v) is 5.78. The maximum atomic E-state index is 13.9. The quantitative estimate of drug-likeness (QED) is 0.467. The van der Waals surface area contributed by atoms with Crippen LogP contribution in [0.1, 0.15) is 47.1 Å². The van der Waals surface area contributed by atoms with E-state index < -0.39 is 53.7 Å². The molecule has 2 aromatic carbocycles. The van der Waals surface area contributed by atoms with Crippen molar-refractivity contribution in [2.75, 3.05) is 11.7 Å². The molecule has 2 aliphatic rings. The first-order valence-electron chi connectivity index (χ1n) is 11.5. The summed E-state index contributed by atoms with van der Waals surface area (Å²) in [6.07, 6.45) is -3.39. The minimum atomic E-state index is -4.73. The molecule has 37 heavy (non-hydrogen) atoms. The number of fused-ring (bicyclic) bond motifs is 3. The predicted octanol–water partition coefficient (Wildman–Crippen LogP) is 4.47. The number of pyridine rings is 1. The number of amides is 1. The van der Waals surface area contributed by atoms with E-state index in [0.29, 0.717) is 10.7 Å². The summed E-state index contributed by atoms with van der Waals surface area (Å²) in [6.45, 7) is 1.52. The molecule has 2 atom stereocenters. The average molecular weight is 530 g/mol. The number of benzene rings is 2. The zero-order valence-corrected chi connectivity index (χ0v) is 20.7. The van der Waals surface area contributed by atoms with Crippen LogP contribution in [0.5, 0.6) is 5.75 Å². The standard InChI is InChI=1S/C26H22F3N3O4S/c1-15(26(27,28)29)30-14-32(31-12-11-20(34)24(36-16(2)33)23(31)25(30)35)22-18-8-4-3-7-17(18)13-37-21-10-6-5-9-19(21)22/h3-12,15,22H,13-14H2,1-2H3/t15-,22-/m1/s1. The first-order chi connectivity index (χ1) is 17.6. The van der Waals surface area contributed by atoms with Crippen molar-refractivity contribution in [2.24, 2.45) is 0 Å². The molecule has 0 bridgehead atoms. The van der Waals surface area contributed by atoms with E-state index in [1.54, 1.807) is 16.8 Å². The van der Waals surface area contributed by atoms with Gasteiger partial charge in [-0.25, -0.2) is 0 Å². The molecule has 7 nitrogen and oxygen atoms in total. The maximum absolute atomic E-state index is 13.9. The molecule has 2 aliphatic heterocycles. The number of rotatable bonds is 3. The summed E-state index contributed by atoms with van der Waals surface area (Å²) in [5.74, 6) is -1.88. The molecule has 192 valence electrons. The number of hydrogen-bond donors (Lipinski definition) is 0. The van der Waals surface area contributed by atoms with Gasteiger partial charge in [-0.05, 0) is 29.7 Å². The van der Waals surface area contributed by atoms with Gasteiger partial charge >= 0.3 is 12.1 Å². The fraction of sp³-hybridized carbons (Fsp3) is 0.269. The summed E-state index contributed by atoms with van der Waals surface area (Å²) in [5.41, 5.74) is 1.46. The molecule has 0 saturated carbocycles. The summed E-state index contributed by atoms with van der Waals surface area (Å²) >= 11 is 1.61.